The van der Waals surface area contributed by atoms with Crippen LogP contribution in [0.1, 0.15) is 46.0 Å². The summed E-state index contributed by atoms with van der Waals surface area (Å²) in [6, 6.07) is 1.44. The van der Waals surface area contributed by atoms with Gasteiger partial charge in [-0.15, -0.1) is 0 Å². The topological polar surface area (TPSA) is 33.7 Å². The summed E-state index contributed by atoms with van der Waals surface area (Å²) in [5, 5.41) is 3.65. The van der Waals surface area contributed by atoms with Crippen LogP contribution in [0.2, 0.25) is 0 Å². The summed E-state index contributed by atoms with van der Waals surface area (Å²) < 4.78 is 11.4. The minimum atomic E-state index is -0.0563. The average molecular weight is 270 g/mol. The zero-order valence-corrected chi connectivity index (χ0v) is 12.6. The molecule has 1 unspecified atom stereocenters. The Labute approximate surface area is 117 Å². The molecule has 1 N–H and O–H groups in total. The molecule has 1 heterocycles. The molecular formula is C15H30N2O2. The van der Waals surface area contributed by atoms with Crippen LogP contribution in [0.3, 0.4) is 0 Å². The molecule has 0 spiro atoms. The van der Waals surface area contributed by atoms with Gasteiger partial charge in [0.1, 0.15) is 0 Å². The van der Waals surface area contributed by atoms with Gasteiger partial charge in [-0.1, -0.05) is 6.42 Å². The van der Waals surface area contributed by atoms with Crippen LogP contribution >= 0.6 is 0 Å². The highest BCUT2D eigenvalue weighted by atomic mass is 16.7. The fraction of sp³-hybridized carbons (Fsp3) is 1.00. The van der Waals surface area contributed by atoms with Crippen LogP contribution in [0.4, 0.5) is 0 Å². The van der Waals surface area contributed by atoms with E-state index in [1.54, 1.807) is 0 Å². The Morgan fingerprint density at radius 3 is 2.37 bits per heavy atom. The van der Waals surface area contributed by atoms with Crippen molar-refractivity contribution in [1.29, 1.82) is 0 Å². The number of ether oxygens (including phenoxy) is 2. The molecule has 0 aromatic heterocycles. The number of nitrogens with one attached hydrogen (secondary N) is 1. The summed E-state index contributed by atoms with van der Waals surface area (Å²) in [6.45, 7) is 8.79. The zero-order valence-electron chi connectivity index (χ0n) is 12.6. The summed E-state index contributed by atoms with van der Waals surface area (Å²) in [5.41, 5.74) is 0. The Kier molecular flexibility index (Phi) is 6.57. The Balaban J connectivity index is 1.80. The maximum Gasteiger partial charge on any atom is 0.170 e. The first-order valence-corrected chi connectivity index (χ1v) is 8.04. The molecule has 0 bridgehead atoms. The highest BCUT2D eigenvalue weighted by molar-refractivity contribution is 4.88. The maximum atomic E-state index is 5.70. The van der Waals surface area contributed by atoms with E-state index in [4.69, 9.17) is 9.47 Å². The van der Waals surface area contributed by atoms with Crippen molar-refractivity contribution in [3.8, 4) is 0 Å². The van der Waals surface area contributed by atoms with Gasteiger partial charge in [-0.05, 0) is 46.1 Å². The Bertz CT molecular complexity index is 234. The molecule has 1 atom stereocenters. The molecule has 0 radical (unpaired) electrons. The molecular weight excluding hydrogens is 240 g/mol. The third kappa shape index (κ3) is 5.38. The summed E-state index contributed by atoms with van der Waals surface area (Å²) in [6.07, 6.45) is 6.66. The minimum absolute atomic E-state index is 0.0563. The lowest BCUT2D eigenvalue weighted by molar-refractivity contribution is -0.148. The number of nitrogens with zero attached hydrogens (tertiary/aromatic N) is 1. The van der Waals surface area contributed by atoms with Gasteiger partial charge in [0.25, 0.3) is 0 Å². The second-order valence-electron chi connectivity index (χ2n) is 5.67. The molecule has 19 heavy (non-hydrogen) atoms. The predicted octanol–water partition coefficient (Wildman–Crippen LogP) is 1.99. The normalized spacial score (nSPS) is 24.3. The molecule has 1 saturated carbocycles. The first kappa shape index (κ1) is 15.2. The smallest absolute Gasteiger partial charge is 0.170 e. The molecule has 0 amide bonds. The number of hydrogen-bond donors (Lipinski definition) is 1. The van der Waals surface area contributed by atoms with Crippen LogP contribution in [-0.4, -0.2) is 56.1 Å². The van der Waals surface area contributed by atoms with Gasteiger partial charge in [0.05, 0.1) is 0 Å². The molecule has 0 aromatic carbocycles. The van der Waals surface area contributed by atoms with Crippen LogP contribution in [0, 0.1) is 0 Å². The second-order valence-corrected chi connectivity index (χ2v) is 5.67. The monoisotopic (exact) mass is 270 g/mol. The van der Waals surface area contributed by atoms with Gasteiger partial charge < -0.3 is 14.8 Å². The quantitative estimate of drug-likeness (QED) is 0.650. The number of rotatable bonds is 9. The van der Waals surface area contributed by atoms with Gasteiger partial charge in [0.2, 0.25) is 0 Å². The summed E-state index contributed by atoms with van der Waals surface area (Å²) in [5.74, 6) is 0. The fourth-order valence-corrected chi connectivity index (χ4v) is 2.89. The lowest BCUT2D eigenvalue weighted by Gasteiger charge is -2.32. The third-order valence-corrected chi connectivity index (χ3v) is 4.02. The average Bonchev–Trinajstić information content (AvgIpc) is 3.24. The summed E-state index contributed by atoms with van der Waals surface area (Å²) >= 11 is 0. The van der Waals surface area contributed by atoms with E-state index >= 15 is 0 Å². The molecule has 0 aromatic rings. The van der Waals surface area contributed by atoms with Crippen molar-refractivity contribution in [2.24, 2.45) is 0 Å². The molecule has 1 saturated heterocycles. The predicted molar refractivity (Wildman–Crippen MR) is 77.3 cm³/mol. The molecule has 2 rings (SSSR count). The SMILES string of the molecule is CCOC(CN(CC1CCCCN1)C1CC1)OCC. The maximum absolute atomic E-state index is 5.70. The number of piperidine rings is 1. The van der Waals surface area contributed by atoms with Gasteiger partial charge >= 0.3 is 0 Å². The molecule has 112 valence electrons. The lowest BCUT2D eigenvalue weighted by atomic mass is 10.0. The van der Waals surface area contributed by atoms with Gasteiger partial charge in [-0.3, -0.25) is 4.90 Å². The first-order chi connectivity index (χ1) is 9.33. The van der Waals surface area contributed by atoms with Crippen LogP contribution in [0.5, 0.6) is 0 Å². The van der Waals surface area contributed by atoms with E-state index in [9.17, 15) is 0 Å². The van der Waals surface area contributed by atoms with Crippen molar-refractivity contribution < 1.29 is 9.47 Å². The van der Waals surface area contributed by atoms with E-state index in [2.05, 4.69) is 10.2 Å². The van der Waals surface area contributed by atoms with Crippen molar-refractivity contribution in [3.05, 3.63) is 0 Å². The molecule has 1 aliphatic heterocycles. The molecule has 4 nitrogen and oxygen atoms in total. The van der Waals surface area contributed by atoms with Crippen molar-refractivity contribution in [2.45, 2.75) is 64.3 Å². The summed E-state index contributed by atoms with van der Waals surface area (Å²) in [4.78, 5) is 2.58. The third-order valence-electron chi connectivity index (χ3n) is 4.02. The van der Waals surface area contributed by atoms with Crippen LogP contribution in [0.25, 0.3) is 0 Å². The van der Waals surface area contributed by atoms with Crippen molar-refractivity contribution in [3.63, 3.8) is 0 Å². The van der Waals surface area contributed by atoms with Gasteiger partial charge in [-0.2, -0.15) is 0 Å². The van der Waals surface area contributed by atoms with Gasteiger partial charge in [-0.25, -0.2) is 0 Å². The molecule has 1 aliphatic carbocycles. The van der Waals surface area contributed by atoms with Crippen molar-refractivity contribution in [2.75, 3.05) is 32.8 Å². The zero-order chi connectivity index (χ0) is 13.5. The van der Waals surface area contributed by atoms with E-state index in [0.717, 1.165) is 32.3 Å². The van der Waals surface area contributed by atoms with Crippen LogP contribution < -0.4 is 5.32 Å². The van der Waals surface area contributed by atoms with E-state index < -0.39 is 0 Å². The lowest BCUT2D eigenvalue weighted by Crippen LogP contribution is -2.47. The van der Waals surface area contributed by atoms with Crippen LogP contribution in [0.15, 0.2) is 0 Å². The number of hydrogen-bond acceptors (Lipinski definition) is 4. The molecule has 2 fully saturated rings. The first-order valence-electron chi connectivity index (χ1n) is 8.04. The Morgan fingerprint density at radius 2 is 1.84 bits per heavy atom. The van der Waals surface area contributed by atoms with Gasteiger partial charge in [0, 0.05) is 38.4 Å². The van der Waals surface area contributed by atoms with Gasteiger partial charge in [0.15, 0.2) is 6.29 Å². The Morgan fingerprint density at radius 1 is 1.11 bits per heavy atom. The van der Waals surface area contributed by atoms with Crippen molar-refractivity contribution in [1.82, 2.24) is 10.2 Å². The van der Waals surface area contributed by atoms with E-state index in [1.165, 1.54) is 38.6 Å². The largest absolute Gasteiger partial charge is 0.352 e. The minimum Gasteiger partial charge on any atom is -0.352 e. The van der Waals surface area contributed by atoms with E-state index in [1.807, 2.05) is 13.8 Å². The highest BCUT2D eigenvalue weighted by Crippen LogP contribution is 2.28. The highest BCUT2D eigenvalue weighted by Gasteiger charge is 2.32. The Hall–Kier alpha value is -0.160. The second kappa shape index (κ2) is 8.20. The van der Waals surface area contributed by atoms with Crippen LogP contribution in [-0.2, 0) is 9.47 Å². The van der Waals surface area contributed by atoms with E-state index in [0.29, 0.717) is 6.04 Å². The van der Waals surface area contributed by atoms with E-state index in [-0.39, 0.29) is 6.29 Å². The fourth-order valence-electron chi connectivity index (χ4n) is 2.89. The standard InChI is InChI=1S/C15H30N2O2/c1-3-18-15(19-4-2)12-17(14-8-9-14)11-13-7-5-6-10-16-13/h13-16H,3-12H2,1-2H3. The summed E-state index contributed by atoms with van der Waals surface area (Å²) in [7, 11) is 0. The molecule has 2 aliphatic rings. The molecule has 4 heteroatoms. The van der Waals surface area contributed by atoms with Crippen molar-refractivity contribution >= 4 is 0 Å².